The van der Waals surface area contributed by atoms with Gasteiger partial charge in [0.15, 0.2) is 0 Å². The standard InChI is InChI=1S/C13H22N2O2/c1-9(16)8-14-4-5-15-13(17)12-7-10-2-3-11(12)6-10/h2-3,9-12,14,16H,4-8H2,1H3,(H,15,17). The van der Waals surface area contributed by atoms with Crippen molar-refractivity contribution in [3.05, 3.63) is 12.2 Å². The summed E-state index contributed by atoms with van der Waals surface area (Å²) in [5.74, 6) is 1.51. The van der Waals surface area contributed by atoms with Crippen LogP contribution in [0.1, 0.15) is 19.8 Å². The van der Waals surface area contributed by atoms with Crippen LogP contribution < -0.4 is 10.6 Å². The van der Waals surface area contributed by atoms with Crippen LogP contribution in [0.15, 0.2) is 12.2 Å². The third kappa shape index (κ3) is 3.30. The zero-order valence-corrected chi connectivity index (χ0v) is 10.4. The molecule has 2 rings (SSSR count). The zero-order chi connectivity index (χ0) is 12.3. The molecule has 0 heterocycles. The van der Waals surface area contributed by atoms with Crippen LogP contribution in [-0.2, 0) is 4.79 Å². The zero-order valence-electron chi connectivity index (χ0n) is 10.4. The Labute approximate surface area is 102 Å². The molecule has 4 nitrogen and oxygen atoms in total. The summed E-state index contributed by atoms with van der Waals surface area (Å²) in [6, 6.07) is 0. The Hall–Kier alpha value is -0.870. The Bertz CT molecular complexity index is 302. The SMILES string of the molecule is CC(O)CNCCNC(=O)C1CC2C=CC1C2. The molecule has 4 unspecified atom stereocenters. The van der Waals surface area contributed by atoms with Gasteiger partial charge in [0, 0.05) is 25.6 Å². The van der Waals surface area contributed by atoms with Crippen LogP contribution in [0, 0.1) is 17.8 Å². The van der Waals surface area contributed by atoms with Crippen LogP contribution in [-0.4, -0.2) is 36.8 Å². The number of aliphatic hydroxyl groups is 1. The Balaban J connectivity index is 1.60. The number of allylic oxidation sites excluding steroid dienone is 2. The van der Waals surface area contributed by atoms with E-state index in [9.17, 15) is 4.79 Å². The minimum atomic E-state index is -0.332. The van der Waals surface area contributed by atoms with Crippen LogP contribution in [0.2, 0.25) is 0 Å². The first-order valence-corrected chi connectivity index (χ1v) is 6.51. The van der Waals surface area contributed by atoms with E-state index in [0.717, 1.165) is 6.42 Å². The van der Waals surface area contributed by atoms with Crippen molar-refractivity contribution < 1.29 is 9.90 Å². The van der Waals surface area contributed by atoms with Gasteiger partial charge >= 0.3 is 0 Å². The van der Waals surface area contributed by atoms with Crippen molar-refractivity contribution >= 4 is 5.91 Å². The van der Waals surface area contributed by atoms with E-state index in [1.165, 1.54) is 6.42 Å². The largest absolute Gasteiger partial charge is 0.392 e. The van der Waals surface area contributed by atoms with Gasteiger partial charge in [0.05, 0.1) is 6.10 Å². The lowest BCUT2D eigenvalue weighted by atomic mass is 9.93. The highest BCUT2D eigenvalue weighted by atomic mass is 16.3. The van der Waals surface area contributed by atoms with Crippen LogP contribution in [0.4, 0.5) is 0 Å². The topological polar surface area (TPSA) is 61.4 Å². The first kappa shape index (κ1) is 12.6. The lowest BCUT2D eigenvalue weighted by molar-refractivity contribution is -0.125. The van der Waals surface area contributed by atoms with E-state index in [1.807, 2.05) is 0 Å². The van der Waals surface area contributed by atoms with E-state index < -0.39 is 0 Å². The van der Waals surface area contributed by atoms with E-state index in [1.54, 1.807) is 6.92 Å². The van der Waals surface area contributed by atoms with Gasteiger partial charge in [0.2, 0.25) is 5.91 Å². The van der Waals surface area contributed by atoms with E-state index in [0.29, 0.717) is 31.5 Å². The van der Waals surface area contributed by atoms with E-state index >= 15 is 0 Å². The van der Waals surface area contributed by atoms with Crippen LogP contribution in [0.25, 0.3) is 0 Å². The monoisotopic (exact) mass is 238 g/mol. The van der Waals surface area contributed by atoms with Crippen molar-refractivity contribution in [2.24, 2.45) is 17.8 Å². The van der Waals surface area contributed by atoms with Crippen molar-refractivity contribution in [1.29, 1.82) is 0 Å². The Morgan fingerprint density at radius 3 is 2.82 bits per heavy atom. The van der Waals surface area contributed by atoms with Crippen LogP contribution in [0.5, 0.6) is 0 Å². The van der Waals surface area contributed by atoms with Crippen LogP contribution in [0.3, 0.4) is 0 Å². The second-order valence-corrected chi connectivity index (χ2v) is 5.23. The number of amides is 1. The smallest absolute Gasteiger partial charge is 0.223 e. The number of fused-ring (bicyclic) bond motifs is 2. The summed E-state index contributed by atoms with van der Waals surface area (Å²) < 4.78 is 0. The quantitative estimate of drug-likeness (QED) is 0.460. The van der Waals surface area contributed by atoms with Crippen molar-refractivity contribution in [3.63, 3.8) is 0 Å². The minimum absolute atomic E-state index is 0.195. The molecule has 2 bridgehead atoms. The van der Waals surface area contributed by atoms with Gasteiger partial charge in [-0.15, -0.1) is 0 Å². The second kappa shape index (κ2) is 5.65. The van der Waals surface area contributed by atoms with Gasteiger partial charge < -0.3 is 15.7 Å². The van der Waals surface area contributed by atoms with Crippen molar-refractivity contribution in [2.45, 2.75) is 25.9 Å². The third-order valence-electron chi connectivity index (χ3n) is 3.66. The molecule has 4 heteroatoms. The molecule has 0 aromatic rings. The number of aliphatic hydroxyl groups excluding tert-OH is 1. The predicted molar refractivity (Wildman–Crippen MR) is 66.4 cm³/mol. The Kier molecular flexibility index (Phi) is 4.18. The molecule has 1 fully saturated rings. The minimum Gasteiger partial charge on any atom is -0.392 e. The molecule has 0 aromatic heterocycles. The highest BCUT2D eigenvalue weighted by molar-refractivity contribution is 5.79. The Morgan fingerprint density at radius 2 is 2.24 bits per heavy atom. The molecule has 3 N–H and O–H groups in total. The molecule has 4 atom stereocenters. The average Bonchev–Trinajstić information content (AvgIpc) is 2.89. The van der Waals surface area contributed by atoms with Crippen molar-refractivity contribution in [3.8, 4) is 0 Å². The number of hydrogen-bond donors (Lipinski definition) is 3. The van der Waals surface area contributed by atoms with E-state index in [4.69, 9.17) is 5.11 Å². The fourth-order valence-corrected chi connectivity index (χ4v) is 2.80. The Morgan fingerprint density at radius 1 is 1.41 bits per heavy atom. The van der Waals surface area contributed by atoms with Crippen molar-refractivity contribution in [1.82, 2.24) is 10.6 Å². The summed E-state index contributed by atoms with van der Waals surface area (Å²) in [6.07, 6.45) is 6.30. The maximum atomic E-state index is 11.9. The summed E-state index contributed by atoms with van der Waals surface area (Å²) in [6.45, 7) is 3.68. The number of carbonyl (C=O) groups is 1. The molecule has 0 aromatic carbocycles. The van der Waals surface area contributed by atoms with Gasteiger partial charge in [-0.1, -0.05) is 12.2 Å². The van der Waals surface area contributed by atoms with Gasteiger partial charge in [0.1, 0.15) is 0 Å². The van der Waals surface area contributed by atoms with Gasteiger partial charge in [-0.05, 0) is 31.6 Å². The van der Waals surface area contributed by atoms with Gasteiger partial charge in [-0.3, -0.25) is 4.79 Å². The third-order valence-corrected chi connectivity index (χ3v) is 3.66. The number of hydrogen-bond acceptors (Lipinski definition) is 3. The van der Waals surface area contributed by atoms with Gasteiger partial charge in [-0.25, -0.2) is 0 Å². The van der Waals surface area contributed by atoms with Crippen molar-refractivity contribution in [2.75, 3.05) is 19.6 Å². The maximum absolute atomic E-state index is 11.9. The fourth-order valence-electron chi connectivity index (χ4n) is 2.80. The lowest BCUT2D eigenvalue weighted by Crippen LogP contribution is -2.38. The molecule has 96 valence electrons. The highest BCUT2D eigenvalue weighted by Crippen LogP contribution is 2.43. The molecule has 2 aliphatic carbocycles. The average molecular weight is 238 g/mol. The maximum Gasteiger partial charge on any atom is 0.223 e. The molecule has 1 saturated carbocycles. The fraction of sp³-hybridized carbons (Fsp3) is 0.769. The number of rotatable bonds is 6. The molecule has 1 amide bonds. The first-order valence-electron chi connectivity index (χ1n) is 6.51. The molecular weight excluding hydrogens is 216 g/mol. The van der Waals surface area contributed by atoms with Gasteiger partial charge in [-0.2, -0.15) is 0 Å². The summed E-state index contributed by atoms with van der Waals surface area (Å²) in [5.41, 5.74) is 0. The number of nitrogens with one attached hydrogen (secondary N) is 2. The molecule has 2 aliphatic rings. The second-order valence-electron chi connectivity index (χ2n) is 5.23. The predicted octanol–water partition coefficient (Wildman–Crippen LogP) is 0.285. The lowest BCUT2D eigenvalue weighted by Gasteiger charge is -2.17. The summed E-state index contributed by atoms with van der Waals surface area (Å²) >= 11 is 0. The van der Waals surface area contributed by atoms with Gasteiger partial charge in [0.25, 0.3) is 0 Å². The highest BCUT2D eigenvalue weighted by Gasteiger charge is 2.39. The molecule has 0 spiro atoms. The molecular formula is C13H22N2O2. The summed E-state index contributed by atoms with van der Waals surface area (Å²) in [4.78, 5) is 11.9. The first-order chi connectivity index (χ1) is 8.16. The summed E-state index contributed by atoms with van der Waals surface area (Å²) in [5, 5.41) is 15.1. The molecule has 0 saturated heterocycles. The van der Waals surface area contributed by atoms with E-state index in [2.05, 4.69) is 22.8 Å². The summed E-state index contributed by atoms with van der Waals surface area (Å²) in [7, 11) is 0. The van der Waals surface area contributed by atoms with E-state index in [-0.39, 0.29) is 17.9 Å². The normalized spacial score (nSPS) is 31.8. The number of carbonyl (C=O) groups excluding carboxylic acids is 1. The van der Waals surface area contributed by atoms with Crippen LogP contribution >= 0.6 is 0 Å². The molecule has 0 radical (unpaired) electrons. The molecule has 0 aliphatic heterocycles. The molecule has 17 heavy (non-hydrogen) atoms.